The van der Waals surface area contributed by atoms with Crippen LogP contribution in [-0.2, 0) is 19.7 Å². The first-order valence-corrected chi connectivity index (χ1v) is 9.07. The number of ether oxygens (including phenoxy) is 1. The van der Waals surface area contributed by atoms with E-state index in [0.717, 1.165) is 16.7 Å². The van der Waals surface area contributed by atoms with Crippen molar-refractivity contribution < 1.29 is 19.0 Å². The van der Waals surface area contributed by atoms with E-state index >= 15 is 0 Å². The van der Waals surface area contributed by atoms with Crippen LogP contribution in [0.3, 0.4) is 0 Å². The van der Waals surface area contributed by atoms with Crippen LogP contribution in [0.1, 0.15) is 27.0 Å². The highest BCUT2D eigenvalue weighted by Gasteiger charge is 2.04. The number of hydrogen-bond acceptors (Lipinski definition) is 3. The molecule has 4 nitrogen and oxygen atoms in total. The number of carboxylic acid groups (broad SMARTS) is 1. The molecule has 0 spiro atoms. The third kappa shape index (κ3) is 5.55. The average molecular weight is 400 g/mol. The van der Waals surface area contributed by atoms with Gasteiger partial charge in [0.2, 0.25) is 0 Å². The average Bonchev–Trinajstić information content (AvgIpc) is 2.69. The smallest absolute Gasteiger partial charge is 0.335 e. The summed E-state index contributed by atoms with van der Waals surface area (Å²) >= 11 is 6.00. The van der Waals surface area contributed by atoms with Crippen LogP contribution < -0.4 is 10.1 Å². The van der Waals surface area contributed by atoms with Gasteiger partial charge < -0.3 is 15.2 Å². The van der Waals surface area contributed by atoms with Crippen LogP contribution >= 0.6 is 11.6 Å². The first kappa shape index (κ1) is 19.9. The minimum atomic E-state index is -0.927. The quantitative estimate of drug-likeness (QED) is 0.556. The summed E-state index contributed by atoms with van der Waals surface area (Å²) in [6.07, 6.45) is 0. The Balaban J connectivity index is 1.47. The van der Waals surface area contributed by atoms with Gasteiger partial charge in [0.25, 0.3) is 0 Å². The maximum Gasteiger partial charge on any atom is 0.335 e. The third-order valence-electron chi connectivity index (χ3n) is 4.19. The lowest BCUT2D eigenvalue weighted by Crippen LogP contribution is -2.12. The van der Waals surface area contributed by atoms with Crippen LogP contribution in [0.4, 0.5) is 4.39 Å². The number of benzene rings is 3. The molecule has 0 radical (unpaired) electrons. The maximum atomic E-state index is 13.1. The topological polar surface area (TPSA) is 58.6 Å². The summed E-state index contributed by atoms with van der Waals surface area (Å²) in [5, 5.41) is 12.6. The number of hydrogen-bond donors (Lipinski definition) is 2. The molecule has 0 fully saturated rings. The van der Waals surface area contributed by atoms with E-state index < -0.39 is 5.97 Å². The maximum absolute atomic E-state index is 13.1. The van der Waals surface area contributed by atoms with Crippen LogP contribution in [0, 0.1) is 5.82 Å². The van der Waals surface area contributed by atoms with Gasteiger partial charge in [-0.15, -0.1) is 0 Å². The molecule has 0 unspecified atom stereocenters. The number of aromatic carboxylic acids is 1. The largest absolute Gasteiger partial charge is 0.489 e. The van der Waals surface area contributed by atoms with E-state index in [2.05, 4.69) is 5.32 Å². The van der Waals surface area contributed by atoms with Crippen LogP contribution in [0.25, 0.3) is 0 Å². The minimum absolute atomic E-state index is 0.267. The van der Waals surface area contributed by atoms with E-state index in [9.17, 15) is 9.18 Å². The molecular weight excluding hydrogens is 381 g/mol. The summed E-state index contributed by atoms with van der Waals surface area (Å²) in [6.45, 7) is 1.58. The lowest BCUT2D eigenvalue weighted by Gasteiger charge is -2.09. The molecule has 3 aromatic carbocycles. The van der Waals surface area contributed by atoms with Crippen molar-refractivity contribution in [3.05, 3.63) is 99.8 Å². The molecule has 0 saturated carbocycles. The second kappa shape index (κ2) is 9.35. The molecule has 0 amide bonds. The SMILES string of the molecule is O=C(O)c1ccc(CNCc2ccc(OCc3ccc(F)cc3Cl)cc2)cc1. The second-order valence-corrected chi connectivity index (χ2v) is 6.68. The van der Waals surface area contributed by atoms with Crippen LogP contribution in [0.2, 0.25) is 5.02 Å². The highest BCUT2D eigenvalue weighted by molar-refractivity contribution is 6.31. The summed E-state index contributed by atoms with van der Waals surface area (Å²) in [5.74, 6) is -0.597. The van der Waals surface area contributed by atoms with Crippen molar-refractivity contribution in [3.63, 3.8) is 0 Å². The minimum Gasteiger partial charge on any atom is -0.489 e. The summed E-state index contributed by atoms with van der Waals surface area (Å²) < 4.78 is 18.8. The molecule has 6 heteroatoms. The summed E-state index contributed by atoms with van der Waals surface area (Å²) in [4.78, 5) is 10.8. The van der Waals surface area contributed by atoms with Crippen molar-refractivity contribution in [1.82, 2.24) is 5.32 Å². The van der Waals surface area contributed by atoms with Gasteiger partial charge in [-0.3, -0.25) is 0 Å². The molecule has 3 aromatic rings. The Morgan fingerprint density at radius 1 is 0.964 bits per heavy atom. The van der Waals surface area contributed by atoms with E-state index in [1.165, 1.54) is 12.1 Å². The standard InChI is InChI=1S/C22H19ClFNO3/c23-21-11-19(24)8-7-18(21)14-28-20-9-3-16(4-10-20)13-25-12-15-1-5-17(6-2-15)22(26)27/h1-11,25H,12-14H2,(H,26,27). The van der Waals surface area contributed by atoms with Crippen molar-refractivity contribution in [2.75, 3.05) is 0 Å². The predicted molar refractivity (Wildman–Crippen MR) is 106 cm³/mol. The highest BCUT2D eigenvalue weighted by Crippen LogP contribution is 2.20. The van der Waals surface area contributed by atoms with Gasteiger partial charge in [-0.25, -0.2) is 9.18 Å². The van der Waals surface area contributed by atoms with E-state index in [4.69, 9.17) is 21.4 Å². The van der Waals surface area contributed by atoms with Crippen molar-refractivity contribution in [2.45, 2.75) is 19.7 Å². The number of carbonyl (C=O) groups is 1. The molecule has 0 heterocycles. The Bertz CT molecular complexity index is 943. The Labute approximate surface area is 167 Å². The summed E-state index contributed by atoms with van der Waals surface area (Å²) in [7, 11) is 0. The molecule has 144 valence electrons. The number of carboxylic acids is 1. The highest BCUT2D eigenvalue weighted by atomic mass is 35.5. The van der Waals surface area contributed by atoms with Gasteiger partial charge >= 0.3 is 5.97 Å². The first-order chi connectivity index (χ1) is 13.5. The molecule has 0 saturated heterocycles. The zero-order valence-electron chi connectivity index (χ0n) is 15.0. The van der Waals surface area contributed by atoms with Crippen molar-refractivity contribution in [2.24, 2.45) is 0 Å². The lowest BCUT2D eigenvalue weighted by molar-refractivity contribution is 0.0697. The fourth-order valence-corrected chi connectivity index (χ4v) is 2.84. The van der Waals surface area contributed by atoms with Gasteiger partial charge in [0.1, 0.15) is 18.2 Å². The Morgan fingerprint density at radius 3 is 2.14 bits per heavy atom. The van der Waals surface area contributed by atoms with E-state index in [-0.39, 0.29) is 18.0 Å². The van der Waals surface area contributed by atoms with E-state index in [0.29, 0.717) is 23.9 Å². The van der Waals surface area contributed by atoms with Crippen LogP contribution in [-0.4, -0.2) is 11.1 Å². The van der Waals surface area contributed by atoms with Crippen LogP contribution in [0.5, 0.6) is 5.75 Å². The lowest BCUT2D eigenvalue weighted by atomic mass is 10.1. The number of rotatable bonds is 8. The van der Waals surface area contributed by atoms with Gasteiger partial charge in [-0.1, -0.05) is 41.9 Å². The van der Waals surface area contributed by atoms with Crippen molar-refractivity contribution in [3.8, 4) is 5.75 Å². The fraction of sp³-hybridized carbons (Fsp3) is 0.136. The van der Waals surface area contributed by atoms with Gasteiger partial charge in [-0.2, -0.15) is 0 Å². The zero-order valence-corrected chi connectivity index (χ0v) is 15.7. The fourth-order valence-electron chi connectivity index (χ4n) is 2.62. The Kier molecular flexibility index (Phi) is 6.63. The summed E-state index contributed by atoms with van der Waals surface area (Å²) in [6, 6.07) is 18.7. The van der Waals surface area contributed by atoms with Crippen molar-refractivity contribution in [1.29, 1.82) is 0 Å². The normalized spacial score (nSPS) is 10.6. The molecule has 0 aliphatic carbocycles. The number of nitrogens with one attached hydrogen (secondary N) is 1. The molecule has 3 rings (SSSR count). The van der Waals surface area contributed by atoms with Gasteiger partial charge in [0.05, 0.1) is 10.6 Å². The Morgan fingerprint density at radius 2 is 1.57 bits per heavy atom. The van der Waals surface area contributed by atoms with Gasteiger partial charge in [-0.05, 0) is 47.5 Å². The molecular formula is C22H19ClFNO3. The Hall–Kier alpha value is -2.89. The van der Waals surface area contributed by atoms with Gasteiger partial charge in [0.15, 0.2) is 0 Å². The van der Waals surface area contributed by atoms with E-state index in [1.54, 1.807) is 30.3 Å². The predicted octanol–water partition coefficient (Wildman–Crippen LogP) is 5.05. The molecule has 0 bridgehead atoms. The second-order valence-electron chi connectivity index (χ2n) is 6.27. The van der Waals surface area contributed by atoms with E-state index in [1.807, 2.05) is 24.3 Å². The van der Waals surface area contributed by atoms with Gasteiger partial charge in [0, 0.05) is 18.7 Å². The monoisotopic (exact) mass is 399 g/mol. The zero-order chi connectivity index (χ0) is 19.9. The van der Waals surface area contributed by atoms with Crippen LogP contribution in [0.15, 0.2) is 66.7 Å². The molecule has 0 aliphatic heterocycles. The molecule has 0 atom stereocenters. The molecule has 0 aromatic heterocycles. The molecule has 2 N–H and O–H groups in total. The number of halogens is 2. The summed E-state index contributed by atoms with van der Waals surface area (Å²) in [5.41, 5.74) is 3.11. The van der Waals surface area contributed by atoms with Crippen molar-refractivity contribution >= 4 is 17.6 Å². The first-order valence-electron chi connectivity index (χ1n) is 8.70. The third-order valence-corrected chi connectivity index (χ3v) is 4.54. The molecule has 0 aliphatic rings. The molecule has 28 heavy (non-hydrogen) atoms.